The minimum absolute atomic E-state index is 0.104. The molecular formula is C13H29NO. The molecule has 0 aliphatic heterocycles. The zero-order valence-corrected chi connectivity index (χ0v) is 11.2. The fourth-order valence-corrected chi connectivity index (χ4v) is 1.49. The van der Waals surface area contributed by atoms with Gasteiger partial charge >= 0.3 is 0 Å². The standard InChI is InChI=1S/C11H23NO.C2H6/c1-4-10(11(12)13)8-6-5-7-9(2)3;1-2/h9-10H,4-8H2,1-3H3,(H2,12,13);1-2H3. The van der Waals surface area contributed by atoms with Crippen molar-refractivity contribution in [1.29, 1.82) is 0 Å². The molecule has 0 fully saturated rings. The molecule has 0 saturated carbocycles. The van der Waals surface area contributed by atoms with Crippen LogP contribution in [0, 0.1) is 11.8 Å². The first-order chi connectivity index (χ1) is 7.07. The molecule has 0 bridgehead atoms. The molecule has 0 aromatic carbocycles. The molecule has 0 saturated heterocycles. The number of nitrogens with two attached hydrogens (primary N) is 1. The lowest BCUT2D eigenvalue weighted by Crippen LogP contribution is -2.22. The van der Waals surface area contributed by atoms with Gasteiger partial charge in [-0.2, -0.15) is 0 Å². The van der Waals surface area contributed by atoms with Crippen molar-refractivity contribution in [2.24, 2.45) is 17.6 Å². The van der Waals surface area contributed by atoms with Gasteiger partial charge in [0.2, 0.25) is 5.91 Å². The van der Waals surface area contributed by atoms with Crippen LogP contribution in [0.3, 0.4) is 0 Å². The van der Waals surface area contributed by atoms with Gasteiger partial charge in [-0.15, -0.1) is 0 Å². The van der Waals surface area contributed by atoms with E-state index in [1.165, 1.54) is 12.8 Å². The minimum Gasteiger partial charge on any atom is -0.369 e. The van der Waals surface area contributed by atoms with Gasteiger partial charge in [0, 0.05) is 5.92 Å². The Balaban J connectivity index is 0. The zero-order chi connectivity index (χ0) is 12.3. The van der Waals surface area contributed by atoms with Gasteiger partial charge in [0.1, 0.15) is 0 Å². The first-order valence-corrected chi connectivity index (χ1v) is 6.37. The molecule has 0 spiro atoms. The first-order valence-electron chi connectivity index (χ1n) is 6.37. The lowest BCUT2D eigenvalue weighted by atomic mass is 9.96. The molecule has 0 rings (SSSR count). The first kappa shape index (κ1) is 16.9. The van der Waals surface area contributed by atoms with Gasteiger partial charge in [-0.3, -0.25) is 4.79 Å². The van der Waals surface area contributed by atoms with Gasteiger partial charge in [-0.25, -0.2) is 0 Å². The number of hydrogen-bond donors (Lipinski definition) is 1. The SMILES string of the molecule is CC.CCC(CCCCC(C)C)C(N)=O. The van der Waals surface area contributed by atoms with Crippen LogP contribution in [0.15, 0.2) is 0 Å². The van der Waals surface area contributed by atoms with E-state index in [9.17, 15) is 4.79 Å². The third-order valence-electron chi connectivity index (χ3n) is 2.48. The van der Waals surface area contributed by atoms with Gasteiger partial charge in [0.15, 0.2) is 0 Å². The summed E-state index contributed by atoms with van der Waals surface area (Å²) in [5, 5.41) is 0. The summed E-state index contributed by atoms with van der Waals surface area (Å²) in [6.07, 6.45) is 5.48. The van der Waals surface area contributed by atoms with Crippen molar-refractivity contribution in [3.8, 4) is 0 Å². The maximum absolute atomic E-state index is 10.9. The van der Waals surface area contributed by atoms with Crippen LogP contribution in [0.2, 0.25) is 0 Å². The summed E-state index contributed by atoms with van der Waals surface area (Å²) >= 11 is 0. The van der Waals surface area contributed by atoms with E-state index in [0.29, 0.717) is 0 Å². The number of hydrogen-bond acceptors (Lipinski definition) is 1. The van der Waals surface area contributed by atoms with Crippen LogP contribution in [0.5, 0.6) is 0 Å². The molecule has 0 aliphatic carbocycles. The summed E-state index contributed by atoms with van der Waals surface area (Å²) in [5.41, 5.74) is 5.25. The molecule has 0 aromatic rings. The van der Waals surface area contributed by atoms with E-state index in [2.05, 4.69) is 13.8 Å². The van der Waals surface area contributed by atoms with Crippen molar-refractivity contribution in [3.05, 3.63) is 0 Å². The van der Waals surface area contributed by atoms with Crippen LogP contribution in [0.4, 0.5) is 0 Å². The highest BCUT2D eigenvalue weighted by Gasteiger charge is 2.11. The molecule has 1 unspecified atom stereocenters. The Hall–Kier alpha value is -0.530. The number of rotatable bonds is 7. The Bertz CT molecular complexity index is 143. The monoisotopic (exact) mass is 215 g/mol. The van der Waals surface area contributed by atoms with Crippen LogP contribution in [-0.4, -0.2) is 5.91 Å². The average Bonchev–Trinajstić information content (AvgIpc) is 2.20. The van der Waals surface area contributed by atoms with E-state index in [1.54, 1.807) is 0 Å². The van der Waals surface area contributed by atoms with Gasteiger partial charge in [0.05, 0.1) is 0 Å². The summed E-state index contributed by atoms with van der Waals surface area (Å²) in [4.78, 5) is 10.9. The second kappa shape index (κ2) is 11.5. The second-order valence-corrected chi connectivity index (χ2v) is 4.19. The summed E-state index contributed by atoms with van der Waals surface area (Å²) in [5.74, 6) is 0.743. The Kier molecular flexibility index (Phi) is 13.0. The Morgan fingerprint density at radius 1 is 1.13 bits per heavy atom. The zero-order valence-electron chi connectivity index (χ0n) is 11.2. The van der Waals surface area contributed by atoms with E-state index in [-0.39, 0.29) is 11.8 Å². The molecule has 0 heterocycles. The van der Waals surface area contributed by atoms with Crippen LogP contribution < -0.4 is 5.73 Å². The third-order valence-corrected chi connectivity index (χ3v) is 2.48. The summed E-state index contributed by atoms with van der Waals surface area (Å²) in [6, 6.07) is 0. The van der Waals surface area contributed by atoms with E-state index in [0.717, 1.165) is 25.2 Å². The molecule has 2 heteroatoms. The predicted molar refractivity (Wildman–Crippen MR) is 67.6 cm³/mol. The minimum atomic E-state index is -0.132. The summed E-state index contributed by atoms with van der Waals surface area (Å²) in [6.45, 7) is 10.5. The number of amides is 1. The van der Waals surface area contributed by atoms with E-state index in [4.69, 9.17) is 5.73 Å². The van der Waals surface area contributed by atoms with E-state index < -0.39 is 0 Å². The lowest BCUT2D eigenvalue weighted by molar-refractivity contribution is -0.122. The van der Waals surface area contributed by atoms with Crippen LogP contribution >= 0.6 is 0 Å². The van der Waals surface area contributed by atoms with Crippen LogP contribution in [0.25, 0.3) is 0 Å². The molecule has 0 radical (unpaired) electrons. The van der Waals surface area contributed by atoms with Gasteiger partial charge in [0.25, 0.3) is 0 Å². The van der Waals surface area contributed by atoms with Crippen LogP contribution in [-0.2, 0) is 4.79 Å². The maximum atomic E-state index is 10.9. The van der Waals surface area contributed by atoms with Crippen molar-refractivity contribution < 1.29 is 4.79 Å². The number of primary amides is 1. The van der Waals surface area contributed by atoms with Crippen molar-refractivity contribution in [3.63, 3.8) is 0 Å². The lowest BCUT2D eigenvalue weighted by Gasteiger charge is -2.10. The normalized spacial score (nSPS) is 11.9. The molecule has 92 valence electrons. The van der Waals surface area contributed by atoms with Gasteiger partial charge < -0.3 is 5.73 Å². The molecule has 0 aromatic heterocycles. The molecule has 15 heavy (non-hydrogen) atoms. The molecule has 2 N–H and O–H groups in total. The van der Waals surface area contributed by atoms with Gasteiger partial charge in [-0.05, 0) is 18.8 Å². The Morgan fingerprint density at radius 2 is 1.60 bits per heavy atom. The fourth-order valence-electron chi connectivity index (χ4n) is 1.49. The number of carbonyl (C=O) groups excluding carboxylic acids is 1. The van der Waals surface area contributed by atoms with Crippen LogP contribution in [0.1, 0.15) is 66.7 Å². The molecule has 2 nitrogen and oxygen atoms in total. The third kappa shape index (κ3) is 11.4. The summed E-state index contributed by atoms with van der Waals surface area (Å²) in [7, 11) is 0. The Morgan fingerprint density at radius 3 is 1.93 bits per heavy atom. The Labute approximate surface area is 95.6 Å². The highest BCUT2D eigenvalue weighted by atomic mass is 16.1. The van der Waals surface area contributed by atoms with E-state index in [1.807, 2.05) is 20.8 Å². The smallest absolute Gasteiger partial charge is 0.220 e. The fraction of sp³-hybridized carbons (Fsp3) is 0.923. The summed E-state index contributed by atoms with van der Waals surface area (Å²) < 4.78 is 0. The van der Waals surface area contributed by atoms with Gasteiger partial charge in [-0.1, -0.05) is 53.9 Å². The highest BCUT2D eigenvalue weighted by molar-refractivity contribution is 5.76. The second-order valence-electron chi connectivity index (χ2n) is 4.19. The van der Waals surface area contributed by atoms with E-state index >= 15 is 0 Å². The number of carbonyl (C=O) groups is 1. The molecular weight excluding hydrogens is 186 g/mol. The molecule has 1 amide bonds. The number of unbranched alkanes of at least 4 members (excludes halogenated alkanes) is 1. The van der Waals surface area contributed by atoms with Crippen molar-refractivity contribution in [2.75, 3.05) is 0 Å². The largest absolute Gasteiger partial charge is 0.369 e. The van der Waals surface area contributed by atoms with Crippen molar-refractivity contribution in [2.45, 2.75) is 66.7 Å². The highest BCUT2D eigenvalue weighted by Crippen LogP contribution is 2.15. The van der Waals surface area contributed by atoms with Crippen molar-refractivity contribution in [1.82, 2.24) is 0 Å². The van der Waals surface area contributed by atoms with Crippen molar-refractivity contribution >= 4 is 5.91 Å². The molecule has 1 atom stereocenters. The topological polar surface area (TPSA) is 43.1 Å². The maximum Gasteiger partial charge on any atom is 0.220 e. The average molecular weight is 215 g/mol. The quantitative estimate of drug-likeness (QED) is 0.646. The molecule has 0 aliphatic rings. The predicted octanol–water partition coefficient (Wildman–Crippen LogP) is 3.74.